The molecule has 0 aliphatic carbocycles. The van der Waals surface area contributed by atoms with Crippen molar-refractivity contribution < 1.29 is 14.2 Å². The summed E-state index contributed by atoms with van der Waals surface area (Å²) in [7, 11) is 0. The molecule has 8 heteroatoms. The maximum atomic E-state index is 13.3. The van der Waals surface area contributed by atoms with E-state index in [4.69, 9.17) is 16.3 Å². The van der Waals surface area contributed by atoms with Crippen LogP contribution in [0.4, 0.5) is 15.9 Å². The number of aryl methyl sites for hydroxylation is 1. The lowest BCUT2D eigenvalue weighted by atomic mass is 10.2. The van der Waals surface area contributed by atoms with Crippen molar-refractivity contribution >= 4 is 34.0 Å². The largest absolute Gasteiger partial charge is 0.487 e. The zero-order valence-corrected chi connectivity index (χ0v) is 18.3. The zero-order chi connectivity index (χ0) is 22.4. The summed E-state index contributed by atoms with van der Waals surface area (Å²) in [6, 6.07) is 11.5. The smallest absolute Gasteiger partial charge is 0.162 e. The van der Waals surface area contributed by atoms with Crippen molar-refractivity contribution in [1.82, 2.24) is 15.2 Å². The minimum absolute atomic E-state index is 0.0941. The van der Waals surface area contributed by atoms with Crippen LogP contribution in [0.3, 0.4) is 0 Å². The van der Waals surface area contributed by atoms with Crippen molar-refractivity contribution in [3.05, 3.63) is 76.3 Å². The lowest BCUT2D eigenvalue weighted by molar-refractivity contribution is 0.277. The Morgan fingerprint density at radius 2 is 2.00 bits per heavy atom. The lowest BCUT2D eigenvalue weighted by Crippen LogP contribution is -1.99. The summed E-state index contributed by atoms with van der Waals surface area (Å²) in [6.45, 7) is 6.03. The molecule has 0 fully saturated rings. The van der Waals surface area contributed by atoms with Gasteiger partial charge in [-0.15, -0.1) is 5.10 Å². The number of aliphatic hydroxyl groups is 1. The predicted molar refractivity (Wildman–Crippen MR) is 121 cm³/mol. The van der Waals surface area contributed by atoms with Crippen LogP contribution >= 0.6 is 11.6 Å². The number of H-pyrrole nitrogens is 1. The van der Waals surface area contributed by atoms with Crippen LogP contribution in [0.15, 0.2) is 48.7 Å². The van der Waals surface area contributed by atoms with Crippen LogP contribution in [-0.2, 0) is 13.2 Å². The molecule has 0 amide bonds. The van der Waals surface area contributed by atoms with Gasteiger partial charge in [-0.05, 0) is 48.4 Å². The molecule has 0 radical (unpaired) electrons. The van der Waals surface area contributed by atoms with E-state index in [1.165, 1.54) is 12.1 Å². The highest BCUT2D eigenvalue weighted by Gasteiger charge is 2.13. The van der Waals surface area contributed by atoms with Gasteiger partial charge in [-0.2, -0.15) is 5.10 Å². The third-order valence-electron chi connectivity index (χ3n) is 4.60. The highest BCUT2D eigenvalue weighted by Crippen LogP contribution is 2.32. The molecule has 0 bridgehead atoms. The average Bonchev–Trinajstić information content (AvgIpc) is 3.11. The first-order valence-electron chi connectivity index (χ1n) is 9.92. The average molecular weight is 443 g/mol. The number of nitrogens with one attached hydrogen (secondary N) is 2. The van der Waals surface area contributed by atoms with Gasteiger partial charge < -0.3 is 20.1 Å². The van der Waals surface area contributed by atoms with Gasteiger partial charge >= 0.3 is 0 Å². The van der Waals surface area contributed by atoms with E-state index in [0.717, 1.165) is 22.2 Å². The molecule has 31 heavy (non-hydrogen) atoms. The van der Waals surface area contributed by atoms with Crippen molar-refractivity contribution in [2.24, 2.45) is 0 Å². The number of nitrogens with zero attached hydrogens (tertiary/aromatic N) is 2. The molecular weight excluding hydrogens is 419 g/mol. The molecule has 2 aromatic carbocycles. The molecule has 0 aliphatic heterocycles. The Hall–Kier alpha value is -3.16. The van der Waals surface area contributed by atoms with Crippen LogP contribution in [0.1, 0.15) is 30.7 Å². The van der Waals surface area contributed by atoms with E-state index in [-0.39, 0.29) is 19.0 Å². The third-order valence-corrected chi connectivity index (χ3v) is 4.90. The number of anilines is 2. The van der Waals surface area contributed by atoms with Crippen LogP contribution < -0.4 is 10.1 Å². The van der Waals surface area contributed by atoms with Gasteiger partial charge in [0, 0.05) is 16.8 Å². The second-order valence-electron chi connectivity index (χ2n) is 6.56. The van der Waals surface area contributed by atoms with Crippen molar-refractivity contribution in [2.45, 2.75) is 34.0 Å². The fraction of sp³-hybridized carbons (Fsp3) is 0.217. The molecule has 0 saturated heterocycles. The van der Waals surface area contributed by atoms with Crippen LogP contribution in [-0.4, -0.2) is 20.3 Å². The van der Waals surface area contributed by atoms with Gasteiger partial charge in [-0.3, -0.25) is 0 Å². The number of aromatic amines is 1. The van der Waals surface area contributed by atoms with Crippen molar-refractivity contribution in [1.29, 1.82) is 0 Å². The number of hydrogen-bond acceptors (Lipinski definition) is 5. The number of ether oxygens (including phenoxy) is 1. The van der Waals surface area contributed by atoms with Crippen LogP contribution in [0, 0.1) is 12.7 Å². The summed E-state index contributed by atoms with van der Waals surface area (Å²) < 4.78 is 19.0. The molecule has 6 nitrogen and oxygen atoms in total. The van der Waals surface area contributed by atoms with E-state index in [1.807, 2.05) is 26.8 Å². The van der Waals surface area contributed by atoms with Gasteiger partial charge in [-0.1, -0.05) is 37.6 Å². The molecule has 4 rings (SSSR count). The molecule has 2 aromatic heterocycles. The molecule has 0 spiro atoms. The van der Waals surface area contributed by atoms with Gasteiger partial charge in [0.1, 0.15) is 18.2 Å². The van der Waals surface area contributed by atoms with Crippen molar-refractivity contribution in [3.63, 3.8) is 0 Å². The normalized spacial score (nSPS) is 10.5. The summed E-state index contributed by atoms with van der Waals surface area (Å²) in [6.07, 6.45) is 1.61. The van der Waals surface area contributed by atoms with Crippen molar-refractivity contribution in [3.8, 4) is 5.75 Å². The quantitative estimate of drug-likeness (QED) is 0.346. The maximum Gasteiger partial charge on any atom is 0.162 e. The molecule has 0 unspecified atom stereocenters. The van der Waals surface area contributed by atoms with Crippen molar-refractivity contribution in [2.75, 3.05) is 5.32 Å². The molecule has 4 aromatic rings. The minimum Gasteiger partial charge on any atom is -0.487 e. The van der Waals surface area contributed by atoms with Crippen LogP contribution in [0.25, 0.3) is 10.9 Å². The van der Waals surface area contributed by atoms with E-state index in [2.05, 4.69) is 20.5 Å². The molecule has 0 aliphatic rings. The number of hydrogen-bond donors (Lipinski definition) is 3. The molecule has 0 atom stereocenters. The highest BCUT2D eigenvalue weighted by atomic mass is 35.5. The Kier molecular flexibility index (Phi) is 7.44. The maximum absolute atomic E-state index is 13.3. The highest BCUT2D eigenvalue weighted by molar-refractivity contribution is 6.32. The Labute approximate surface area is 185 Å². The molecule has 162 valence electrons. The molecule has 2 heterocycles. The number of rotatable bonds is 6. The lowest BCUT2D eigenvalue weighted by Gasteiger charge is -2.11. The Morgan fingerprint density at radius 1 is 1.19 bits per heavy atom. The summed E-state index contributed by atoms with van der Waals surface area (Å²) in [4.78, 5) is 3.13. The van der Waals surface area contributed by atoms with Gasteiger partial charge in [0.25, 0.3) is 0 Å². The fourth-order valence-electron chi connectivity index (χ4n) is 3.13. The first kappa shape index (κ1) is 22.5. The van der Waals surface area contributed by atoms with E-state index in [9.17, 15) is 9.50 Å². The SMILES string of the molecule is CC.Cc1c(CO)[nH]c2cnnc(Nc3ccc(OCc4cccc(F)c4)c(Cl)c3)c12. The zero-order valence-electron chi connectivity index (χ0n) is 17.5. The number of aromatic nitrogens is 3. The summed E-state index contributed by atoms with van der Waals surface area (Å²) in [5.41, 5.74) is 3.83. The van der Waals surface area contributed by atoms with Crippen LogP contribution in [0.5, 0.6) is 5.75 Å². The van der Waals surface area contributed by atoms with E-state index in [0.29, 0.717) is 27.8 Å². The summed E-state index contributed by atoms with van der Waals surface area (Å²) >= 11 is 6.35. The third kappa shape index (κ3) is 5.13. The van der Waals surface area contributed by atoms with E-state index >= 15 is 0 Å². The monoisotopic (exact) mass is 442 g/mol. The van der Waals surface area contributed by atoms with E-state index < -0.39 is 0 Å². The molecular formula is C23H24ClFN4O2. The number of halogens is 2. The molecule has 0 saturated carbocycles. The second-order valence-corrected chi connectivity index (χ2v) is 6.96. The van der Waals surface area contributed by atoms with Crippen LogP contribution in [0.2, 0.25) is 5.02 Å². The first-order chi connectivity index (χ1) is 15.0. The number of fused-ring (bicyclic) bond motifs is 1. The second kappa shape index (κ2) is 10.2. The Bertz CT molecular complexity index is 1180. The predicted octanol–water partition coefficient (Wildman–Crippen LogP) is 5.90. The van der Waals surface area contributed by atoms with Gasteiger partial charge in [0.15, 0.2) is 5.82 Å². The fourth-order valence-corrected chi connectivity index (χ4v) is 3.37. The number of aliphatic hydroxyl groups excluding tert-OH is 1. The van der Waals surface area contributed by atoms with E-state index in [1.54, 1.807) is 30.5 Å². The van der Waals surface area contributed by atoms with Gasteiger partial charge in [-0.25, -0.2) is 4.39 Å². The standard InChI is InChI=1S/C21H18ClFN4O2.C2H6/c1-12-18(10-28)26-17-9-24-27-21(20(12)17)25-15-5-6-19(16(22)8-15)29-11-13-3-2-4-14(23)7-13;1-2/h2-9,26,28H,10-11H2,1H3,(H,25,27);1-2H3. The molecule has 3 N–H and O–H groups in total. The number of benzene rings is 2. The van der Waals surface area contributed by atoms with Gasteiger partial charge in [0.05, 0.1) is 23.3 Å². The topological polar surface area (TPSA) is 83.1 Å². The summed E-state index contributed by atoms with van der Waals surface area (Å²) in [5.74, 6) is 0.739. The Balaban J connectivity index is 0.00000132. The first-order valence-corrected chi connectivity index (χ1v) is 10.3. The van der Waals surface area contributed by atoms with Gasteiger partial charge in [0.2, 0.25) is 0 Å². The minimum atomic E-state index is -0.309. The Morgan fingerprint density at radius 3 is 2.71 bits per heavy atom. The summed E-state index contributed by atoms with van der Waals surface area (Å²) in [5, 5.41) is 22.1.